The van der Waals surface area contributed by atoms with Crippen LogP contribution in [0.3, 0.4) is 0 Å². The van der Waals surface area contributed by atoms with Crippen molar-refractivity contribution in [2.75, 3.05) is 20.3 Å². The van der Waals surface area contributed by atoms with Crippen LogP contribution < -0.4 is 0 Å². The number of alkyl halides is 1. The van der Waals surface area contributed by atoms with Crippen LogP contribution in [0.5, 0.6) is 0 Å². The second-order valence-corrected chi connectivity index (χ2v) is 7.12. The smallest absolute Gasteiger partial charge is 0.247 e. The molecule has 122 valence electrons. The predicted octanol–water partition coefficient (Wildman–Crippen LogP) is 3.07. The van der Waals surface area contributed by atoms with E-state index in [1.165, 1.54) is 4.31 Å². The highest BCUT2D eigenvalue weighted by molar-refractivity contribution is 7.89. The van der Waals surface area contributed by atoms with Gasteiger partial charge in [-0.2, -0.15) is 4.31 Å². The molecule has 21 heavy (non-hydrogen) atoms. The average Bonchev–Trinajstić information content (AvgIpc) is 2.72. The number of hydrogen-bond donors (Lipinski definition) is 0. The van der Waals surface area contributed by atoms with Crippen molar-refractivity contribution in [1.29, 1.82) is 0 Å². The number of methoxy groups -OCH3 is 1. The molecular weight excluding hydrogens is 314 g/mol. The normalized spacial score (nSPS) is 13.9. The first-order chi connectivity index (χ1) is 9.81. The Bertz CT molecular complexity index is 568. The highest BCUT2D eigenvalue weighted by atomic mass is 35.5. The minimum atomic E-state index is -3.66. The van der Waals surface area contributed by atoms with E-state index in [0.717, 1.165) is 6.42 Å². The van der Waals surface area contributed by atoms with Gasteiger partial charge in [-0.1, -0.05) is 6.92 Å². The molecule has 0 saturated carbocycles. The van der Waals surface area contributed by atoms with Gasteiger partial charge in [-0.25, -0.2) is 8.42 Å². The molecule has 0 aliphatic heterocycles. The van der Waals surface area contributed by atoms with E-state index in [1.807, 2.05) is 13.8 Å². The summed E-state index contributed by atoms with van der Waals surface area (Å²) in [6.45, 7) is 7.87. The molecule has 1 aromatic rings. The maximum atomic E-state index is 13.0. The molecule has 0 bridgehead atoms. The van der Waals surface area contributed by atoms with Crippen molar-refractivity contribution in [3.8, 4) is 0 Å². The van der Waals surface area contributed by atoms with Gasteiger partial charge in [0.05, 0.1) is 12.5 Å². The highest BCUT2D eigenvalue weighted by Gasteiger charge is 2.34. The van der Waals surface area contributed by atoms with Gasteiger partial charge in [0.1, 0.15) is 16.4 Å². The zero-order chi connectivity index (χ0) is 16.2. The van der Waals surface area contributed by atoms with E-state index >= 15 is 0 Å². The van der Waals surface area contributed by atoms with Crippen LogP contribution in [-0.4, -0.2) is 39.0 Å². The van der Waals surface area contributed by atoms with Crippen LogP contribution in [0.2, 0.25) is 0 Å². The quantitative estimate of drug-likeness (QED) is 0.684. The van der Waals surface area contributed by atoms with Crippen LogP contribution in [0.25, 0.3) is 0 Å². The third-order valence-electron chi connectivity index (χ3n) is 3.62. The van der Waals surface area contributed by atoms with Crippen molar-refractivity contribution in [2.45, 2.75) is 50.9 Å². The summed E-state index contributed by atoms with van der Waals surface area (Å²) in [4.78, 5) is 0.200. The molecule has 0 N–H and O–H groups in total. The van der Waals surface area contributed by atoms with Gasteiger partial charge in [-0.05, 0) is 27.2 Å². The molecule has 0 radical (unpaired) electrons. The molecule has 0 aliphatic carbocycles. The van der Waals surface area contributed by atoms with Crippen molar-refractivity contribution in [1.82, 2.24) is 4.31 Å². The van der Waals surface area contributed by atoms with Crippen molar-refractivity contribution in [3.63, 3.8) is 0 Å². The minimum Gasteiger partial charge on any atom is -0.465 e. The van der Waals surface area contributed by atoms with Gasteiger partial charge in [0.15, 0.2) is 0 Å². The molecule has 1 aromatic heterocycles. The highest BCUT2D eigenvalue weighted by Crippen LogP contribution is 2.31. The molecule has 5 nitrogen and oxygen atoms in total. The van der Waals surface area contributed by atoms with Gasteiger partial charge in [-0.15, -0.1) is 11.6 Å². The van der Waals surface area contributed by atoms with E-state index in [9.17, 15) is 8.42 Å². The lowest BCUT2D eigenvalue weighted by Gasteiger charge is -2.27. The fourth-order valence-corrected chi connectivity index (χ4v) is 4.79. The standard InChI is InChI=1S/C14H24ClNO4S/c1-6-10(2)16(7-8-19-5)21(17,18)14-12(4)20-11(3)13(14)9-15/h10H,6-9H2,1-5H3. The third-order valence-corrected chi connectivity index (χ3v) is 6.10. The van der Waals surface area contributed by atoms with Crippen molar-refractivity contribution in [2.24, 2.45) is 0 Å². The topological polar surface area (TPSA) is 59.8 Å². The molecule has 0 aromatic carbocycles. The second kappa shape index (κ2) is 7.63. The Kier molecular flexibility index (Phi) is 6.71. The zero-order valence-electron chi connectivity index (χ0n) is 13.3. The average molecular weight is 338 g/mol. The van der Waals surface area contributed by atoms with E-state index in [4.69, 9.17) is 20.8 Å². The second-order valence-electron chi connectivity index (χ2n) is 5.02. The lowest BCUT2D eigenvalue weighted by molar-refractivity contribution is 0.167. The van der Waals surface area contributed by atoms with E-state index < -0.39 is 10.0 Å². The first-order valence-electron chi connectivity index (χ1n) is 6.96. The molecule has 1 unspecified atom stereocenters. The summed E-state index contributed by atoms with van der Waals surface area (Å²) in [6.07, 6.45) is 0.717. The van der Waals surface area contributed by atoms with E-state index in [2.05, 4.69) is 0 Å². The number of furan rings is 1. The first-order valence-corrected chi connectivity index (χ1v) is 8.94. The Hall–Kier alpha value is -0.560. The number of halogens is 1. The molecule has 0 spiro atoms. The number of hydrogen-bond acceptors (Lipinski definition) is 4. The number of rotatable bonds is 8. The SMILES string of the molecule is CCC(C)N(CCOC)S(=O)(=O)c1c(C)oc(C)c1CCl. The lowest BCUT2D eigenvalue weighted by Crippen LogP contribution is -2.40. The summed E-state index contributed by atoms with van der Waals surface area (Å²) in [5, 5.41) is 0. The number of nitrogens with zero attached hydrogens (tertiary/aromatic N) is 1. The summed E-state index contributed by atoms with van der Waals surface area (Å²) < 4.78 is 38.0. The van der Waals surface area contributed by atoms with Crippen LogP contribution in [0.15, 0.2) is 9.31 Å². The van der Waals surface area contributed by atoms with Gasteiger partial charge < -0.3 is 9.15 Å². The van der Waals surface area contributed by atoms with Gasteiger partial charge in [-0.3, -0.25) is 0 Å². The van der Waals surface area contributed by atoms with Crippen LogP contribution in [0.4, 0.5) is 0 Å². The summed E-state index contributed by atoms with van der Waals surface area (Å²) in [5.74, 6) is 1.04. The Morgan fingerprint density at radius 1 is 1.33 bits per heavy atom. The molecule has 1 rings (SSSR count). The maximum Gasteiger partial charge on any atom is 0.247 e. The fraction of sp³-hybridized carbons (Fsp3) is 0.714. The van der Waals surface area contributed by atoms with Gasteiger partial charge in [0.25, 0.3) is 0 Å². The number of ether oxygens (including phenoxy) is 1. The predicted molar refractivity (Wildman–Crippen MR) is 83.3 cm³/mol. The Balaban J connectivity index is 3.35. The first kappa shape index (κ1) is 18.5. The maximum absolute atomic E-state index is 13.0. The molecule has 0 amide bonds. The summed E-state index contributed by atoms with van der Waals surface area (Å²) in [6, 6.07) is -0.122. The Morgan fingerprint density at radius 3 is 2.43 bits per heavy atom. The molecule has 0 saturated heterocycles. The Morgan fingerprint density at radius 2 is 1.95 bits per heavy atom. The van der Waals surface area contributed by atoms with Crippen LogP contribution in [-0.2, 0) is 20.6 Å². The largest absolute Gasteiger partial charge is 0.465 e. The number of sulfonamides is 1. The van der Waals surface area contributed by atoms with Gasteiger partial charge in [0.2, 0.25) is 10.0 Å². The van der Waals surface area contributed by atoms with Crippen molar-refractivity contribution in [3.05, 3.63) is 17.1 Å². The molecule has 1 atom stereocenters. The molecule has 0 fully saturated rings. The van der Waals surface area contributed by atoms with Crippen LogP contribution in [0, 0.1) is 13.8 Å². The summed E-state index contributed by atoms with van der Waals surface area (Å²) in [7, 11) is -2.11. The molecular formula is C14H24ClNO4S. The Labute approximate surface area is 132 Å². The monoisotopic (exact) mass is 337 g/mol. The molecule has 1 heterocycles. The third kappa shape index (κ3) is 3.80. The fourth-order valence-electron chi connectivity index (χ4n) is 2.28. The van der Waals surface area contributed by atoms with E-state index in [1.54, 1.807) is 21.0 Å². The van der Waals surface area contributed by atoms with E-state index in [0.29, 0.717) is 30.2 Å². The summed E-state index contributed by atoms with van der Waals surface area (Å²) in [5.41, 5.74) is 0.542. The lowest BCUT2D eigenvalue weighted by atomic mass is 10.2. The summed E-state index contributed by atoms with van der Waals surface area (Å²) >= 11 is 5.91. The number of aryl methyl sites for hydroxylation is 2. The molecule has 7 heteroatoms. The van der Waals surface area contributed by atoms with Crippen LogP contribution >= 0.6 is 11.6 Å². The van der Waals surface area contributed by atoms with Crippen LogP contribution in [0.1, 0.15) is 37.4 Å². The minimum absolute atomic E-state index is 0.108. The zero-order valence-corrected chi connectivity index (χ0v) is 14.8. The van der Waals surface area contributed by atoms with Crippen molar-refractivity contribution < 1.29 is 17.6 Å². The van der Waals surface area contributed by atoms with Gasteiger partial charge >= 0.3 is 0 Å². The van der Waals surface area contributed by atoms with Gasteiger partial charge in [0, 0.05) is 25.3 Å². The van der Waals surface area contributed by atoms with E-state index in [-0.39, 0.29) is 16.8 Å². The van der Waals surface area contributed by atoms with Crippen molar-refractivity contribution >= 4 is 21.6 Å². The molecule has 0 aliphatic rings.